The first-order valence-electron chi connectivity index (χ1n) is 12.5. The van der Waals surface area contributed by atoms with Gasteiger partial charge in [0.25, 0.3) is 0 Å². The first-order valence-corrected chi connectivity index (χ1v) is 12.5. The average Bonchev–Trinajstić information content (AvgIpc) is 2.93. The van der Waals surface area contributed by atoms with Gasteiger partial charge in [-0.3, -0.25) is 0 Å². The molecule has 6 heteroatoms. The Morgan fingerprint density at radius 2 is 1.47 bits per heavy atom. The molecule has 38 heavy (non-hydrogen) atoms. The van der Waals surface area contributed by atoms with Gasteiger partial charge in [0.2, 0.25) is 0 Å². The summed E-state index contributed by atoms with van der Waals surface area (Å²) in [7, 11) is 3.67. The molecule has 4 aromatic rings. The second-order valence-corrected chi connectivity index (χ2v) is 9.44. The molecule has 1 unspecified atom stereocenters. The van der Waals surface area contributed by atoms with Crippen molar-refractivity contribution in [3.63, 3.8) is 0 Å². The van der Waals surface area contributed by atoms with Crippen LogP contribution in [0.5, 0.6) is 11.5 Å². The summed E-state index contributed by atoms with van der Waals surface area (Å²) in [5.41, 5.74) is 2.41. The summed E-state index contributed by atoms with van der Waals surface area (Å²) in [4.78, 5) is 2.12. The predicted molar refractivity (Wildman–Crippen MR) is 147 cm³/mol. The number of nitrogens with zero attached hydrogens (tertiary/aromatic N) is 1. The molecule has 0 heterocycles. The number of benzene rings is 4. The minimum absolute atomic E-state index is 0.0949. The highest BCUT2D eigenvalue weighted by Crippen LogP contribution is 2.33. The number of hydrogen-bond donors (Lipinski definition) is 0. The molecule has 0 radical (unpaired) electrons. The number of fused-ring (bicyclic) bond motifs is 1. The third-order valence-corrected chi connectivity index (χ3v) is 6.92. The molecule has 0 aliphatic heterocycles. The lowest BCUT2D eigenvalue weighted by Crippen LogP contribution is -2.24. The van der Waals surface area contributed by atoms with E-state index in [0.29, 0.717) is 18.7 Å². The number of ether oxygens (including phenoxy) is 2. The molecular formula is C32H32F3NO2. The zero-order chi connectivity index (χ0) is 27.3. The van der Waals surface area contributed by atoms with Crippen LogP contribution in [0.3, 0.4) is 0 Å². The average molecular weight is 520 g/mol. The Bertz CT molecular complexity index is 1370. The molecule has 0 bridgehead atoms. The Morgan fingerprint density at radius 1 is 0.842 bits per heavy atom. The highest BCUT2D eigenvalue weighted by atomic mass is 19.4. The number of alkyl halides is 3. The van der Waals surface area contributed by atoms with Gasteiger partial charge < -0.3 is 14.4 Å². The number of methoxy groups -OCH3 is 1. The molecule has 0 aliphatic rings. The number of halogens is 3. The highest BCUT2D eigenvalue weighted by molar-refractivity contribution is 5.84. The summed E-state index contributed by atoms with van der Waals surface area (Å²) < 4.78 is 50.4. The van der Waals surface area contributed by atoms with Gasteiger partial charge in [0.15, 0.2) is 0 Å². The van der Waals surface area contributed by atoms with E-state index in [0.717, 1.165) is 39.9 Å². The fourth-order valence-corrected chi connectivity index (χ4v) is 4.46. The molecule has 2 atom stereocenters. The Hall–Kier alpha value is -3.93. The van der Waals surface area contributed by atoms with Crippen LogP contribution in [0.2, 0.25) is 0 Å². The zero-order valence-corrected chi connectivity index (χ0v) is 21.8. The summed E-state index contributed by atoms with van der Waals surface area (Å²) in [5.74, 6) is 1.32. The maximum absolute atomic E-state index is 13.0. The van der Waals surface area contributed by atoms with Gasteiger partial charge in [-0.15, -0.1) is 0 Å². The summed E-state index contributed by atoms with van der Waals surface area (Å²) in [5, 5.41) is 2.25. The second-order valence-electron chi connectivity index (χ2n) is 9.44. The van der Waals surface area contributed by atoms with Crippen LogP contribution in [0, 0.1) is 0 Å². The molecular weight excluding hydrogens is 487 g/mol. The third-order valence-electron chi connectivity index (χ3n) is 6.92. The zero-order valence-electron chi connectivity index (χ0n) is 21.8. The van der Waals surface area contributed by atoms with Crippen molar-refractivity contribution in [3.8, 4) is 11.5 Å². The van der Waals surface area contributed by atoms with Crippen molar-refractivity contribution in [1.29, 1.82) is 0 Å². The van der Waals surface area contributed by atoms with Crippen molar-refractivity contribution in [2.75, 3.05) is 20.7 Å². The summed E-state index contributed by atoms with van der Waals surface area (Å²) >= 11 is 0. The molecule has 0 spiro atoms. The van der Waals surface area contributed by atoms with Crippen molar-refractivity contribution in [2.45, 2.75) is 31.5 Å². The molecule has 0 N–H and O–H groups in total. The Morgan fingerprint density at radius 3 is 2.13 bits per heavy atom. The van der Waals surface area contributed by atoms with Crippen LogP contribution in [-0.4, -0.2) is 25.6 Å². The van der Waals surface area contributed by atoms with Crippen LogP contribution in [0.4, 0.5) is 13.2 Å². The van der Waals surface area contributed by atoms with Crippen LogP contribution in [0.15, 0.2) is 103 Å². The van der Waals surface area contributed by atoms with Gasteiger partial charge in [-0.2, -0.15) is 13.2 Å². The van der Waals surface area contributed by atoms with E-state index in [9.17, 15) is 13.2 Å². The van der Waals surface area contributed by atoms with Crippen molar-refractivity contribution in [1.82, 2.24) is 4.90 Å². The van der Waals surface area contributed by atoms with Crippen molar-refractivity contribution < 1.29 is 22.6 Å². The first kappa shape index (κ1) is 27.1. The van der Waals surface area contributed by atoms with Crippen LogP contribution in [-0.2, 0) is 6.18 Å². The van der Waals surface area contributed by atoms with Gasteiger partial charge in [0, 0.05) is 31.6 Å². The lowest BCUT2D eigenvalue weighted by Gasteiger charge is -2.29. The monoisotopic (exact) mass is 519 g/mol. The van der Waals surface area contributed by atoms with Gasteiger partial charge in [0.1, 0.15) is 17.6 Å². The normalized spacial score (nSPS) is 13.1. The number of allylic oxidation sites excluding steroid dienone is 1. The van der Waals surface area contributed by atoms with E-state index in [4.69, 9.17) is 9.47 Å². The van der Waals surface area contributed by atoms with Gasteiger partial charge in [0.05, 0.1) is 12.7 Å². The van der Waals surface area contributed by atoms with E-state index in [1.807, 2.05) is 49.5 Å². The van der Waals surface area contributed by atoms with E-state index < -0.39 is 11.7 Å². The molecule has 4 rings (SSSR count). The largest absolute Gasteiger partial charge is 0.497 e. The second kappa shape index (κ2) is 11.6. The van der Waals surface area contributed by atoms with E-state index in [1.165, 1.54) is 17.7 Å². The minimum Gasteiger partial charge on any atom is -0.497 e. The molecule has 0 fully saturated rings. The highest BCUT2D eigenvalue weighted by Gasteiger charge is 2.30. The van der Waals surface area contributed by atoms with E-state index in [-0.39, 0.29) is 12.0 Å². The van der Waals surface area contributed by atoms with Crippen molar-refractivity contribution in [2.24, 2.45) is 0 Å². The molecule has 4 aromatic carbocycles. The van der Waals surface area contributed by atoms with Crippen molar-refractivity contribution in [3.05, 3.63) is 120 Å². The van der Waals surface area contributed by atoms with E-state index in [1.54, 1.807) is 7.11 Å². The molecule has 0 saturated heterocycles. The smallest absolute Gasteiger partial charge is 0.416 e. The minimum atomic E-state index is -4.38. The summed E-state index contributed by atoms with van der Waals surface area (Å²) in [6.07, 6.45) is -4.08. The molecule has 0 aromatic heterocycles. The number of likely N-dealkylation sites (N-methyl/N-ethyl adjacent to an activating group) is 1. The molecule has 0 amide bonds. The van der Waals surface area contributed by atoms with Crippen LogP contribution >= 0.6 is 0 Å². The lowest BCUT2D eigenvalue weighted by atomic mass is 9.94. The molecule has 0 saturated carbocycles. The van der Waals surface area contributed by atoms with Crippen molar-refractivity contribution >= 4 is 10.8 Å². The summed E-state index contributed by atoms with van der Waals surface area (Å²) in [6, 6.07) is 27.0. The predicted octanol–water partition coefficient (Wildman–Crippen LogP) is 8.63. The third kappa shape index (κ3) is 6.49. The molecule has 198 valence electrons. The van der Waals surface area contributed by atoms with Crippen LogP contribution < -0.4 is 9.47 Å². The first-order chi connectivity index (χ1) is 18.2. The lowest BCUT2D eigenvalue weighted by molar-refractivity contribution is -0.137. The SMILES string of the molecule is C=C([C@@H](C)c1ccc2cc(OC)ccc2c1)N(C)CCC(Oc1ccc(C(F)(F)F)cc1)c1ccccc1. The van der Waals surface area contributed by atoms with Crippen LogP contribution in [0.1, 0.15) is 42.1 Å². The van der Waals surface area contributed by atoms with Gasteiger partial charge >= 0.3 is 6.18 Å². The fourth-order valence-electron chi connectivity index (χ4n) is 4.46. The standard InChI is InChI=1S/C32H32F3NO2/c1-22(25-10-11-27-21-30(37-4)15-12-26(27)20-25)23(2)36(3)19-18-31(24-8-6-5-7-9-24)38-29-16-13-28(14-17-29)32(33,34)35/h5-17,20-22,31H,2,18-19H2,1,3-4H3/t22-,31?/m1/s1. The maximum atomic E-state index is 13.0. The number of hydrogen-bond acceptors (Lipinski definition) is 3. The number of rotatable bonds is 10. The van der Waals surface area contributed by atoms with E-state index in [2.05, 4.69) is 42.7 Å². The Kier molecular flexibility index (Phi) is 8.30. The van der Waals surface area contributed by atoms with E-state index >= 15 is 0 Å². The molecule has 3 nitrogen and oxygen atoms in total. The maximum Gasteiger partial charge on any atom is 0.416 e. The van der Waals surface area contributed by atoms with Gasteiger partial charge in [-0.25, -0.2) is 0 Å². The topological polar surface area (TPSA) is 21.7 Å². The molecule has 0 aliphatic carbocycles. The Labute approximate surface area is 222 Å². The quantitative estimate of drug-likeness (QED) is 0.209. The Balaban J connectivity index is 1.45. The summed E-state index contributed by atoms with van der Waals surface area (Å²) in [6.45, 7) is 7.16. The van der Waals surface area contributed by atoms with Crippen LogP contribution in [0.25, 0.3) is 10.8 Å². The van der Waals surface area contributed by atoms with Gasteiger partial charge in [-0.1, -0.05) is 68.1 Å². The fraction of sp³-hybridized carbons (Fsp3) is 0.250. The van der Waals surface area contributed by atoms with Gasteiger partial charge in [-0.05, 0) is 58.3 Å².